The second kappa shape index (κ2) is 6.17. The number of ether oxygens (including phenoxy) is 1. The second-order valence-corrected chi connectivity index (χ2v) is 5.05. The van der Waals surface area contributed by atoms with Crippen LogP contribution in [-0.4, -0.2) is 47.6 Å². The van der Waals surface area contributed by atoms with Crippen LogP contribution in [0.5, 0.6) is 0 Å². The summed E-state index contributed by atoms with van der Waals surface area (Å²) in [5.41, 5.74) is 0.271. The maximum absolute atomic E-state index is 13.4. The molecule has 0 spiro atoms. The lowest BCUT2D eigenvalue weighted by Crippen LogP contribution is -2.48. The van der Waals surface area contributed by atoms with Crippen molar-refractivity contribution < 1.29 is 13.9 Å². The number of aromatic nitrogens is 1. The van der Waals surface area contributed by atoms with E-state index in [2.05, 4.69) is 10.3 Å². The molecule has 0 saturated carbocycles. The van der Waals surface area contributed by atoms with Crippen molar-refractivity contribution in [2.45, 2.75) is 33.0 Å². The Morgan fingerprint density at radius 1 is 1.50 bits per heavy atom. The zero-order valence-corrected chi connectivity index (χ0v) is 12.0. The van der Waals surface area contributed by atoms with E-state index < -0.39 is 5.82 Å². The minimum Gasteiger partial charge on any atom is -0.372 e. The van der Waals surface area contributed by atoms with Crippen LogP contribution >= 0.6 is 0 Å². The van der Waals surface area contributed by atoms with Gasteiger partial charge in [0.05, 0.1) is 24.0 Å². The minimum absolute atomic E-state index is 0.0215. The molecule has 1 aliphatic rings. The van der Waals surface area contributed by atoms with Crippen LogP contribution in [-0.2, 0) is 4.74 Å². The summed E-state index contributed by atoms with van der Waals surface area (Å²) in [6.45, 7) is 7.37. The Bertz CT molecular complexity index is 485. The summed E-state index contributed by atoms with van der Waals surface area (Å²) in [6, 6.07) is 1.23. The summed E-state index contributed by atoms with van der Waals surface area (Å²) in [7, 11) is 0. The maximum Gasteiger partial charge on any atom is 0.257 e. The number of amides is 1. The number of hydrogen-bond acceptors (Lipinski definition) is 4. The van der Waals surface area contributed by atoms with Crippen molar-refractivity contribution in [3.05, 3.63) is 23.6 Å². The summed E-state index contributed by atoms with van der Waals surface area (Å²) in [6.07, 6.45) is 1.07. The lowest BCUT2D eigenvalue weighted by Gasteiger charge is -2.35. The molecule has 2 rings (SSSR count). The van der Waals surface area contributed by atoms with Gasteiger partial charge in [-0.2, -0.15) is 0 Å². The Balaban J connectivity index is 2.25. The van der Waals surface area contributed by atoms with Crippen molar-refractivity contribution in [2.75, 3.05) is 25.0 Å². The summed E-state index contributed by atoms with van der Waals surface area (Å²) in [5.74, 6) is -0.301. The van der Waals surface area contributed by atoms with Gasteiger partial charge in [0.15, 0.2) is 0 Å². The molecule has 0 radical (unpaired) electrons. The molecule has 20 heavy (non-hydrogen) atoms. The lowest BCUT2D eigenvalue weighted by molar-refractivity contribution is -0.0586. The molecule has 0 unspecified atom stereocenters. The highest BCUT2D eigenvalue weighted by atomic mass is 19.1. The van der Waals surface area contributed by atoms with E-state index in [0.29, 0.717) is 25.5 Å². The zero-order valence-electron chi connectivity index (χ0n) is 12.0. The van der Waals surface area contributed by atoms with Gasteiger partial charge in [0, 0.05) is 19.6 Å². The highest BCUT2D eigenvalue weighted by molar-refractivity contribution is 5.98. The van der Waals surface area contributed by atoms with E-state index in [1.165, 1.54) is 6.07 Å². The molecule has 0 aromatic carbocycles. The average molecular weight is 281 g/mol. The molecule has 1 aliphatic heterocycles. The molecule has 1 fully saturated rings. The predicted octanol–water partition coefficient (Wildman–Crippen LogP) is 1.90. The molecule has 1 amide bonds. The van der Waals surface area contributed by atoms with Crippen LogP contribution in [0.4, 0.5) is 10.2 Å². The van der Waals surface area contributed by atoms with Gasteiger partial charge in [0.25, 0.3) is 5.91 Å². The molecule has 5 nitrogen and oxygen atoms in total. The molecule has 0 aliphatic carbocycles. The fourth-order valence-electron chi connectivity index (χ4n) is 2.42. The van der Waals surface area contributed by atoms with Crippen molar-refractivity contribution in [3.63, 3.8) is 0 Å². The number of halogens is 1. The van der Waals surface area contributed by atoms with Crippen LogP contribution in [0, 0.1) is 5.82 Å². The van der Waals surface area contributed by atoms with Crippen molar-refractivity contribution in [1.29, 1.82) is 0 Å². The van der Waals surface area contributed by atoms with Gasteiger partial charge >= 0.3 is 0 Å². The first-order valence-corrected chi connectivity index (χ1v) is 6.85. The van der Waals surface area contributed by atoms with E-state index >= 15 is 0 Å². The van der Waals surface area contributed by atoms with E-state index in [1.54, 1.807) is 4.90 Å². The van der Waals surface area contributed by atoms with Crippen LogP contribution in [0.1, 0.15) is 31.1 Å². The number of anilines is 1. The Morgan fingerprint density at radius 2 is 2.15 bits per heavy atom. The van der Waals surface area contributed by atoms with Gasteiger partial charge in [-0.3, -0.25) is 4.79 Å². The lowest BCUT2D eigenvalue weighted by atomic mass is 10.1. The maximum atomic E-state index is 13.4. The molecule has 6 heteroatoms. The van der Waals surface area contributed by atoms with E-state index in [9.17, 15) is 9.18 Å². The van der Waals surface area contributed by atoms with Crippen LogP contribution < -0.4 is 5.32 Å². The molecule has 1 N–H and O–H groups in total. The Labute approximate surface area is 118 Å². The van der Waals surface area contributed by atoms with Gasteiger partial charge in [-0.15, -0.1) is 0 Å². The van der Waals surface area contributed by atoms with E-state index in [1.807, 2.05) is 20.8 Å². The fraction of sp³-hybridized carbons (Fsp3) is 0.571. The Kier molecular flexibility index (Phi) is 4.54. The third-order valence-corrected chi connectivity index (χ3v) is 3.14. The van der Waals surface area contributed by atoms with Crippen molar-refractivity contribution in [1.82, 2.24) is 9.88 Å². The first kappa shape index (κ1) is 14.7. The topological polar surface area (TPSA) is 54.5 Å². The summed E-state index contributed by atoms with van der Waals surface area (Å²) in [4.78, 5) is 18.2. The first-order valence-electron chi connectivity index (χ1n) is 6.85. The highest BCUT2D eigenvalue weighted by Gasteiger charge is 2.28. The minimum atomic E-state index is -0.510. The third kappa shape index (κ3) is 3.25. The molecule has 1 aromatic rings. The molecule has 2 atom stereocenters. The largest absolute Gasteiger partial charge is 0.372 e. The quantitative estimate of drug-likeness (QED) is 0.919. The molecule has 0 bridgehead atoms. The summed E-state index contributed by atoms with van der Waals surface area (Å²) >= 11 is 0. The van der Waals surface area contributed by atoms with Gasteiger partial charge < -0.3 is 15.0 Å². The molecule has 110 valence electrons. The van der Waals surface area contributed by atoms with E-state index in [0.717, 1.165) is 6.20 Å². The number of pyridine rings is 1. The van der Waals surface area contributed by atoms with Gasteiger partial charge in [-0.25, -0.2) is 9.37 Å². The molecular formula is C14H20FN3O2. The summed E-state index contributed by atoms with van der Waals surface area (Å²) < 4.78 is 19.0. The van der Waals surface area contributed by atoms with Crippen molar-refractivity contribution in [2.24, 2.45) is 0 Å². The number of hydrogen-bond donors (Lipinski definition) is 1. The number of rotatable bonds is 3. The van der Waals surface area contributed by atoms with Gasteiger partial charge in [-0.1, -0.05) is 0 Å². The molecular weight excluding hydrogens is 261 g/mol. The summed E-state index contributed by atoms with van der Waals surface area (Å²) in [5, 5.41) is 2.99. The second-order valence-electron chi connectivity index (χ2n) is 5.05. The van der Waals surface area contributed by atoms with Crippen LogP contribution in [0.3, 0.4) is 0 Å². The number of nitrogens with zero attached hydrogens (tertiary/aromatic N) is 2. The third-order valence-electron chi connectivity index (χ3n) is 3.14. The number of carbonyl (C=O) groups excluding carboxylic acids is 1. The van der Waals surface area contributed by atoms with Crippen LogP contribution in [0.2, 0.25) is 0 Å². The Hall–Kier alpha value is -1.69. The van der Waals surface area contributed by atoms with Gasteiger partial charge in [0.2, 0.25) is 0 Å². The standard InChI is InChI=1S/C14H20FN3O2/c1-4-16-13-12(5-11(15)6-17-13)14(19)18-7-9(2)20-10(3)8-18/h5-6,9-10H,4,7-8H2,1-3H3,(H,16,17)/t9-,10+. The fourth-order valence-corrected chi connectivity index (χ4v) is 2.42. The number of nitrogens with one attached hydrogen (secondary N) is 1. The van der Waals surface area contributed by atoms with Crippen molar-refractivity contribution >= 4 is 11.7 Å². The van der Waals surface area contributed by atoms with Gasteiger partial charge in [0.1, 0.15) is 11.6 Å². The highest BCUT2D eigenvalue weighted by Crippen LogP contribution is 2.19. The van der Waals surface area contributed by atoms with Crippen molar-refractivity contribution in [3.8, 4) is 0 Å². The zero-order chi connectivity index (χ0) is 14.7. The molecule has 1 aromatic heterocycles. The van der Waals surface area contributed by atoms with E-state index in [4.69, 9.17) is 4.74 Å². The predicted molar refractivity (Wildman–Crippen MR) is 74.3 cm³/mol. The SMILES string of the molecule is CCNc1ncc(F)cc1C(=O)N1C[C@@H](C)O[C@@H](C)C1. The normalized spacial score (nSPS) is 22.7. The number of morpholine rings is 1. The van der Waals surface area contributed by atoms with Crippen LogP contribution in [0.25, 0.3) is 0 Å². The van der Waals surface area contributed by atoms with E-state index in [-0.39, 0.29) is 23.7 Å². The van der Waals surface area contributed by atoms with Crippen LogP contribution in [0.15, 0.2) is 12.3 Å². The monoisotopic (exact) mass is 281 g/mol. The molecule has 2 heterocycles. The first-order chi connectivity index (χ1) is 9.51. The van der Waals surface area contributed by atoms with Gasteiger partial charge in [-0.05, 0) is 26.8 Å². The Morgan fingerprint density at radius 3 is 2.75 bits per heavy atom. The smallest absolute Gasteiger partial charge is 0.257 e. The average Bonchev–Trinajstić information content (AvgIpc) is 2.39. The number of carbonyl (C=O) groups is 1. The molecule has 1 saturated heterocycles.